The molecule has 0 radical (unpaired) electrons. The Morgan fingerprint density at radius 2 is 0.900 bits per heavy atom. The van der Waals surface area contributed by atoms with Gasteiger partial charge in [-0.05, 0) is 108 Å². The van der Waals surface area contributed by atoms with E-state index >= 15 is 0 Å². The summed E-state index contributed by atoms with van der Waals surface area (Å²) < 4.78 is 204. The monoisotopic (exact) mass is 1590 g/mol. The molecule has 8 aromatic rings. The summed E-state index contributed by atoms with van der Waals surface area (Å²) in [5, 5.41) is 33.8. The van der Waals surface area contributed by atoms with Crippen molar-refractivity contribution in [1.29, 1.82) is 10.5 Å². The lowest BCUT2D eigenvalue weighted by molar-refractivity contribution is -0.195. The molecule has 40 heteroatoms. The molecule has 4 aliphatic rings. The predicted molar refractivity (Wildman–Crippen MR) is 361 cm³/mol. The van der Waals surface area contributed by atoms with Gasteiger partial charge in [-0.3, -0.25) is 29.0 Å². The number of ether oxygens (including phenoxy) is 2. The molecule has 110 heavy (non-hydrogen) atoms. The molecular formula is C70H62Cl2F14N18O6. The first kappa shape index (κ1) is 80.0. The molecule has 4 N–H and O–H groups in total. The van der Waals surface area contributed by atoms with Crippen molar-refractivity contribution in [2.24, 2.45) is 44.1 Å². The molecule has 0 bridgehead atoms. The highest BCUT2D eigenvalue weighted by atomic mass is 35.5. The van der Waals surface area contributed by atoms with Crippen LogP contribution in [0.2, 0.25) is 10.0 Å². The van der Waals surface area contributed by atoms with Gasteiger partial charge in [-0.25, -0.2) is 56.2 Å². The number of nitrogens with zero attached hydrogens (tertiary/aromatic N) is 16. The summed E-state index contributed by atoms with van der Waals surface area (Å²) in [6.45, 7) is -3.82. The fraction of sp³-hybridized carbons (Fsp3) is 0.400. The number of aliphatic imine (C=N–C) groups is 2. The fourth-order valence-electron chi connectivity index (χ4n) is 13.2. The maximum absolute atomic E-state index is 14.9. The average molecular weight is 1590 g/mol. The Bertz CT molecular complexity index is 4590. The second-order valence-corrected chi connectivity index (χ2v) is 27.7. The van der Waals surface area contributed by atoms with Crippen molar-refractivity contribution in [2.75, 3.05) is 13.2 Å². The van der Waals surface area contributed by atoms with Gasteiger partial charge in [0.05, 0.1) is 81.7 Å². The van der Waals surface area contributed by atoms with Crippen molar-refractivity contribution >= 4 is 58.9 Å². The lowest BCUT2D eigenvalue weighted by Gasteiger charge is -2.32. The van der Waals surface area contributed by atoms with Crippen LogP contribution in [0, 0.1) is 45.3 Å². The largest absolute Gasteiger partial charge is 0.463 e. The van der Waals surface area contributed by atoms with Crippen molar-refractivity contribution in [3.05, 3.63) is 166 Å². The number of hydrogen-bond donors (Lipinski definition) is 2. The Morgan fingerprint density at radius 3 is 1.20 bits per heavy atom. The number of carbonyl (C=O) groups excluding carboxylic acids is 4. The summed E-state index contributed by atoms with van der Waals surface area (Å²) in [5.41, 5.74) is 7.10. The number of guanidine groups is 2. The van der Waals surface area contributed by atoms with E-state index in [-0.39, 0.29) is 95.0 Å². The van der Waals surface area contributed by atoms with Crippen molar-refractivity contribution in [3.63, 3.8) is 0 Å². The molecule has 2 fully saturated rings. The standard InChI is InChI=1S/2C35H31ClF7N9O3/c2*1-19(8-11-44)13-34(23-5-2-20(3-6-23)22-15-47-50(16-22)31(39)40)30(54)51(32(45)49-34)26(17-55-27(53)14-33(9-10-33)35(41,42)43)21-4-7-24(36)25(12-21)52-29(28(37)38)46-18-48-52/h2*2-7,12,15-16,18-19,26,28,31H,8-10,13-14,17H2,1H3,(H2,45,49)/t19-,26+,34+;19-,26-,34-/m01/s1. The molecule has 0 spiro atoms. The summed E-state index contributed by atoms with van der Waals surface area (Å²) >= 11 is 12.8. The van der Waals surface area contributed by atoms with Crippen LogP contribution in [0.25, 0.3) is 33.6 Å². The summed E-state index contributed by atoms with van der Waals surface area (Å²) in [6.07, 6.45) is -12.1. The van der Waals surface area contributed by atoms with E-state index in [0.29, 0.717) is 31.6 Å². The topological polar surface area (TPSA) is 315 Å². The van der Waals surface area contributed by atoms with Gasteiger partial charge in [-0.15, -0.1) is 0 Å². The molecule has 0 unspecified atom stereocenters. The highest BCUT2D eigenvalue weighted by molar-refractivity contribution is 6.32. The van der Waals surface area contributed by atoms with Crippen LogP contribution in [0.15, 0.2) is 132 Å². The van der Waals surface area contributed by atoms with E-state index in [2.05, 4.69) is 52.5 Å². The molecule has 0 saturated heterocycles. The van der Waals surface area contributed by atoms with Crippen molar-refractivity contribution in [2.45, 2.75) is 140 Å². The molecule has 2 amide bonds. The normalized spacial score (nSPS) is 19.1. The highest BCUT2D eigenvalue weighted by Crippen LogP contribution is 2.61. The van der Waals surface area contributed by atoms with Crippen molar-refractivity contribution in [1.82, 2.24) is 58.9 Å². The second kappa shape index (κ2) is 31.5. The van der Waals surface area contributed by atoms with E-state index in [0.717, 1.165) is 44.2 Å². The first-order chi connectivity index (χ1) is 52.0. The van der Waals surface area contributed by atoms with Crippen LogP contribution < -0.4 is 11.5 Å². The van der Waals surface area contributed by atoms with E-state index in [1.54, 1.807) is 38.1 Å². The van der Waals surface area contributed by atoms with Gasteiger partial charge in [-0.1, -0.05) is 97.7 Å². The minimum absolute atomic E-state index is 0.00225. The third kappa shape index (κ3) is 16.2. The minimum Gasteiger partial charge on any atom is -0.463 e. The van der Waals surface area contributed by atoms with Crippen molar-refractivity contribution in [3.8, 4) is 45.8 Å². The molecule has 2 aliphatic carbocycles. The average Bonchev–Trinajstić information content (AvgIpc) is 1.57. The molecule has 4 aromatic heterocycles. The van der Waals surface area contributed by atoms with E-state index < -0.39 is 158 Å². The molecule has 12 rings (SSSR count). The van der Waals surface area contributed by atoms with Crippen LogP contribution in [0.4, 0.5) is 61.5 Å². The van der Waals surface area contributed by atoms with Crippen molar-refractivity contribution < 1.29 is 90.1 Å². The van der Waals surface area contributed by atoms with Gasteiger partial charge < -0.3 is 20.9 Å². The number of esters is 2. The smallest absolute Gasteiger partial charge is 0.395 e. The third-order valence-corrected chi connectivity index (χ3v) is 20.1. The minimum atomic E-state index is -4.66. The lowest BCUT2D eigenvalue weighted by Crippen LogP contribution is -2.47. The lowest BCUT2D eigenvalue weighted by atomic mass is 9.80. The number of nitrogens with two attached hydrogens (primary N) is 2. The summed E-state index contributed by atoms with van der Waals surface area (Å²) in [7, 11) is 0. The van der Waals surface area contributed by atoms with Gasteiger partial charge >= 0.3 is 37.4 Å². The molecule has 2 aliphatic heterocycles. The number of carbonyl (C=O) groups is 4. The number of alkyl halides is 14. The summed E-state index contributed by atoms with van der Waals surface area (Å²) in [5.74, 6) is -7.17. The Kier molecular flexibility index (Phi) is 22.9. The summed E-state index contributed by atoms with van der Waals surface area (Å²) in [4.78, 5) is 74.0. The maximum Gasteiger partial charge on any atom is 0.395 e. The molecule has 4 aromatic carbocycles. The SMILES string of the molecule is C[C@@H](CC#N)C[C@]1(c2ccc(-c3cnn(C(F)F)c3)cc2)N=C(N)N([C@H](COC(=O)CC2(C(F)(F)F)CC2)c2ccc(Cl)c(-n3ncnc3C(F)F)c2)C1=O.C[C@H](CC#N)C[C@]1(c2ccc(-c3cnn(C(F)F)c3)cc2)N=C(N)N([C@H](COC(=O)CC2(C(F)(F)F)CC2)c2ccc(Cl)c(-n3ncnc3C(F)F)c2)C1=O. The van der Waals surface area contributed by atoms with Gasteiger partial charge in [0.25, 0.3) is 24.7 Å². The van der Waals surface area contributed by atoms with Gasteiger partial charge in [0.1, 0.15) is 25.9 Å². The van der Waals surface area contributed by atoms with Crippen LogP contribution in [0.1, 0.15) is 150 Å². The van der Waals surface area contributed by atoms with Crippen LogP contribution in [0.3, 0.4) is 0 Å². The number of amides is 2. The van der Waals surface area contributed by atoms with Crippen LogP contribution >= 0.6 is 23.2 Å². The Balaban J connectivity index is 0.000000218. The fourth-order valence-corrected chi connectivity index (χ4v) is 13.6. The Labute approximate surface area is 624 Å². The van der Waals surface area contributed by atoms with Gasteiger partial charge in [-0.2, -0.15) is 74.8 Å². The maximum atomic E-state index is 14.9. The molecule has 24 nitrogen and oxygen atoms in total. The van der Waals surface area contributed by atoms with Crippen LogP contribution in [0.5, 0.6) is 0 Å². The zero-order valence-corrected chi connectivity index (χ0v) is 59.0. The number of rotatable bonds is 28. The molecule has 580 valence electrons. The molecule has 2 saturated carbocycles. The first-order valence-electron chi connectivity index (χ1n) is 33.4. The van der Waals surface area contributed by atoms with Crippen LogP contribution in [-0.2, 0) is 39.7 Å². The number of aromatic nitrogens is 10. The summed E-state index contributed by atoms with van der Waals surface area (Å²) in [6, 6.07) is 21.5. The van der Waals surface area contributed by atoms with Gasteiger partial charge in [0, 0.05) is 36.4 Å². The second-order valence-electron chi connectivity index (χ2n) is 26.9. The predicted octanol–water partition coefficient (Wildman–Crippen LogP) is 14.9. The van der Waals surface area contributed by atoms with E-state index in [1.165, 1.54) is 73.1 Å². The molecule has 6 atom stereocenters. The van der Waals surface area contributed by atoms with E-state index in [1.807, 2.05) is 0 Å². The molecule has 6 heterocycles. The highest BCUT2D eigenvalue weighted by Gasteiger charge is 2.65. The Morgan fingerprint density at radius 1 is 0.545 bits per heavy atom. The molecular weight excluding hydrogens is 1530 g/mol. The van der Waals surface area contributed by atoms with E-state index in [9.17, 15) is 91.2 Å². The Hall–Kier alpha value is -11.0. The zero-order chi connectivity index (χ0) is 79.7. The van der Waals surface area contributed by atoms with E-state index in [4.69, 9.17) is 44.1 Å². The quantitative estimate of drug-likeness (QED) is 0.0340. The number of hydrogen-bond acceptors (Lipinski definition) is 18. The van der Waals surface area contributed by atoms with Gasteiger partial charge in [0.2, 0.25) is 0 Å². The van der Waals surface area contributed by atoms with Crippen LogP contribution in [-0.4, -0.2) is 120 Å². The number of nitriles is 2. The first-order valence-corrected chi connectivity index (χ1v) is 34.1. The number of halogens is 16. The van der Waals surface area contributed by atoms with Gasteiger partial charge in [0.15, 0.2) is 34.6 Å². The zero-order valence-electron chi connectivity index (χ0n) is 57.5. The number of benzene rings is 4. The third-order valence-electron chi connectivity index (χ3n) is 19.4.